The molecule has 0 aliphatic heterocycles. The van der Waals surface area contributed by atoms with Crippen LogP contribution in [0.15, 0.2) is 53.7 Å². The van der Waals surface area contributed by atoms with Gasteiger partial charge in [0.1, 0.15) is 5.52 Å². The van der Waals surface area contributed by atoms with Crippen LogP contribution in [0.4, 0.5) is 0 Å². The van der Waals surface area contributed by atoms with Gasteiger partial charge in [-0.3, -0.25) is 4.79 Å². The molecule has 0 aliphatic carbocycles. The van der Waals surface area contributed by atoms with Crippen molar-refractivity contribution in [3.63, 3.8) is 0 Å². The highest BCUT2D eigenvalue weighted by Gasteiger charge is 2.15. The summed E-state index contributed by atoms with van der Waals surface area (Å²) in [4.78, 5) is 17.3. The fourth-order valence-corrected chi connectivity index (χ4v) is 4.19. The van der Waals surface area contributed by atoms with Crippen LogP contribution < -0.4 is 0 Å². The molecule has 148 valence electrons. The molecule has 6 heteroatoms. The number of aromatic nitrogens is 4. The summed E-state index contributed by atoms with van der Waals surface area (Å²) >= 11 is 1.33. The van der Waals surface area contributed by atoms with Gasteiger partial charge in [0.05, 0.1) is 11.3 Å². The average molecular weight is 405 g/mol. The predicted molar refractivity (Wildman–Crippen MR) is 119 cm³/mol. The number of thioether (sulfide) groups is 1. The Balaban J connectivity index is 1.54. The maximum Gasteiger partial charge on any atom is 0.211 e. The first-order valence-corrected chi connectivity index (χ1v) is 11.0. The Bertz CT molecular complexity index is 1170. The number of fused-ring (bicyclic) bond motifs is 3. The van der Waals surface area contributed by atoms with Crippen LogP contribution in [0.25, 0.3) is 22.1 Å². The molecule has 0 N–H and O–H groups in total. The lowest BCUT2D eigenvalue weighted by Gasteiger charge is -2.09. The number of hydrogen-bond donors (Lipinski definition) is 0. The lowest BCUT2D eigenvalue weighted by Crippen LogP contribution is -2.05. The number of para-hydroxylation sites is 1. The van der Waals surface area contributed by atoms with Gasteiger partial charge >= 0.3 is 0 Å². The van der Waals surface area contributed by atoms with E-state index in [1.807, 2.05) is 30.3 Å². The van der Waals surface area contributed by atoms with Crippen LogP contribution in [0.2, 0.25) is 0 Å². The molecule has 0 fully saturated rings. The van der Waals surface area contributed by atoms with E-state index in [2.05, 4.69) is 53.7 Å². The van der Waals surface area contributed by atoms with Crippen LogP contribution in [-0.4, -0.2) is 31.3 Å². The summed E-state index contributed by atoms with van der Waals surface area (Å²) in [6.07, 6.45) is 1.09. The number of nitrogens with zero attached hydrogens (tertiary/aromatic N) is 4. The predicted octanol–water partition coefficient (Wildman–Crippen LogP) is 5.49. The smallest absolute Gasteiger partial charge is 0.211 e. The van der Waals surface area contributed by atoms with E-state index in [-0.39, 0.29) is 5.78 Å². The zero-order chi connectivity index (χ0) is 20.4. The minimum absolute atomic E-state index is 0.0745. The van der Waals surface area contributed by atoms with Crippen molar-refractivity contribution in [3.8, 4) is 0 Å². The highest BCUT2D eigenvalue weighted by atomic mass is 32.2. The molecule has 5 nitrogen and oxygen atoms in total. The van der Waals surface area contributed by atoms with Crippen LogP contribution >= 0.6 is 11.8 Å². The molecule has 2 aromatic heterocycles. The van der Waals surface area contributed by atoms with Crippen LogP contribution in [-0.2, 0) is 6.54 Å². The number of rotatable bonds is 7. The van der Waals surface area contributed by atoms with Crippen LogP contribution in [0.5, 0.6) is 0 Å². The van der Waals surface area contributed by atoms with Gasteiger partial charge in [-0.05, 0) is 30.9 Å². The standard InChI is InChI=1S/C23H24N4OS/c1-4-15(3)16-10-12-17(13-11-16)20(28)14-29-23-24-22-21(25-26-23)18-8-6-7-9-19(18)27(22)5-2/h6-13,15H,4-5,14H2,1-3H3/t15-/m0/s1. The summed E-state index contributed by atoms with van der Waals surface area (Å²) in [5.41, 5.74) is 4.71. The molecule has 29 heavy (non-hydrogen) atoms. The van der Waals surface area contributed by atoms with Gasteiger partial charge in [-0.1, -0.05) is 68.1 Å². The van der Waals surface area contributed by atoms with E-state index in [4.69, 9.17) is 4.98 Å². The second kappa shape index (κ2) is 8.33. The third-order valence-corrected chi connectivity index (χ3v) is 6.25. The van der Waals surface area contributed by atoms with Crippen molar-refractivity contribution in [2.75, 3.05) is 5.75 Å². The van der Waals surface area contributed by atoms with Gasteiger partial charge in [-0.25, -0.2) is 4.98 Å². The number of aryl methyl sites for hydroxylation is 1. The van der Waals surface area contributed by atoms with E-state index in [0.29, 0.717) is 16.8 Å². The first-order valence-electron chi connectivity index (χ1n) is 10.00. The summed E-state index contributed by atoms with van der Waals surface area (Å²) in [6, 6.07) is 16.1. The van der Waals surface area contributed by atoms with Gasteiger partial charge in [0.25, 0.3) is 0 Å². The zero-order valence-corrected chi connectivity index (χ0v) is 17.7. The van der Waals surface area contributed by atoms with Gasteiger partial charge in [0.2, 0.25) is 5.16 Å². The van der Waals surface area contributed by atoms with Crippen molar-refractivity contribution >= 4 is 39.6 Å². The minimum Gasteiger partial charge on any atom is -0.324 e. The Labute approximate surface area is 174 Å². The lowest BCUT2D eigenvalue weighted by atomic mass is 9.97. The van der Waals surface area contributed by atoms with Crippen molar-refractivity contribution < 1.29 is 4.79 Å². The molecule has 2 heterocycles. The quantitative estimate of drug-likeness (QED) is 0.301. The Morgan fingerprint density at radius 2 is 1.83 bits per heavy atom. The van der Waals surface area contributed by atoms with Crippen molar-refractivity contribution in [1.29, 1.82) is 0 Å². The molecule has 0 radical (unpaired) electrons. The monoisotopic (exact) mass is 404 g/mol. The van der Waals surface area contributed by atoms with Crippen LogP contribution in [0.1, 0.15) is 49.0 Å². The summed E-state index contributed by atoms with van der Waals surface area (Å²) in [5, 5.41) is 10.2. The molecule has 0 bridgehead atoms. The van der Waals surface area contributed by atoms with Crippen LogP contribution in [0.3, 0.4) is 0 Å². The maximum absolute atomic E-state index is 12.6. The topological polar surface area (TPSA) is 60.7 Å². The molecule has 4 rings (SSSR count). The Hall–Kier alpha value is -2.73. The second-order valence-corrected chi connectivity index (χ2v) is 8.11. The van der Waals surface area contributed by atoms with Gasteiger partial charge in [-0.15, -0.1) is 10.2 Å². The number of benzene rings is 2. The van der Waals surface area contributed by atoms with E-state index in [9.17, 15) is 4.79 Å². The summed E-state index contributed by atoms with van der Waals surface area (Å²) in [5.74, 6) is 0.873. The minimum atomic E-state index is 0.0745. The fourth-order valence-electron chi connectivity index (χ4n) is 3.52. The highest BCUT2D eigenvalue weighted by Crippen LogP contribution is 2.27. The number of carbonyl (C=O) groups is 1. The largest absolute Gasteiger partial charge is 0.324 e. The van der Waals surface area contributed by atoms with E-state index in [1.54, 1.807) is 0 Å². The third-order valence-electron chi connectivity index (χ3n) is 5.42. The normalized spacial score (nSPS) is 12.5. The van der Waals surface area contributed by atoms with Crippen molar-refractivity contribution in [1.82, 2.24) is 19.7 Å². The van der Waals surface area contributed by atoms with E-state index in [0.717, 1.165) is 40.6 Å². The summed E-state index contributed by atoms with van der Waals surface area (Å²) < 4.78 is 2.14. The molecule has 0 unspecified atom stereocenters. The maximum atomic E-state index is 12.6. The van der Waals surface area contributed by atoms with Crippen molar-refractivity contribution in [2.45, 2.75) is 44.8 Å². The molecule has 0 aliphatic rings. The summed E-state index contributed by atoms with van der Waals surface area (Å²) in [6.45, 7) is 7.26. The summed E-state index contributed by atoms with van der Waals surface area (Å²) in [7, 11) is 0. The molecule has 0 amide bonds. The van der Waals surface area contributed by atoms with Gasteiger partial charge in [0, 0.05) is 17.5 Å². The average Bonchev–Trinajstić information content (AvgIpc) is 3.09. The fraction of sp³-hybridized carbons (Fsp3) is 0.304. The van der Waals surface area contributed by atoms with Gasteiger partial charge in [-0.2, -0.15) is 0 Å². The Morgan fingerprint density at radius 3 is 2.55 bits per heavy atom. The van der Waals surface area contributed by atoms with Gasteiger partial charge < -0.3 is 4.57 Å². The van der Waals surface area contributed by atoms with Gasteiger partial charge in [0.15, 0.2) is 11.4 Å². The van der Waals surface area contributed by atoms with E-state index >= 15 is 0 Å². The number of hydrogen-bond acceptors (Lipinski definition) is 5. The third kappa shape index (κ3) is 3.77. The number of Topliss-reactive ketones (excluding diaryl/α,β-unsaturated/α-hetero) is 1. The first-order chi connectivity index (χ1) is 14.1. The number of ketones is 1. The SMILES string of the molecule is CC[C@H](C)c1ccc(C(=O)CSc2nnc3c4ccccc4n(CC)c3n2)cc1. The second-order valence-electron chi connectivity index (χ2n) is 7.17. The molecule has 4 aromatic rings. The molecule has 1 atom stereocenters. The Morgan fingerprint density at radius 1 is 1.07 bits per heavy atom. The van der Waals surface area contributed by atoms with Crippen molar-refractivity contribution in [2.24, 2.45) is 0 Å². The number of carbonyl (C=O) groups excluding carboxylic acids is 1. The Kier molecular flexibility index (Phi) is 5.62. The molecule has 2 aromatic carbocycles. The molecular formula is C23H24N4OS. The zero-order valence-electron chi connectivity index (χ0n) is 16.9. The van der Waals surface area contributed by atoms with E-state index in [1.165, 1.54) is 17.3 Å². The molecular weight excluding hydrogens is 380 g/mol. The van der Waals surface area contributed by atoms with Crippen molar-refractivity contribution in [3.05, 3.63) is 59.7 Å². The molecule has 0 saturated carbocycles. The highest BCUT2D eigenvalue weighted by molar-refractivity contribution is 7.99. The van der Waals surface area contributed by atoms with Crippen LogP contribution in [0, 0.1) is 0 Å². The first kappa shape index (κ1) is 19.6. The molecule has 0 saturated heterocycles. The molecule has 0 spiro atoms. The lowest BCUT2D eigenvalue weighted by molar-refractivity contribution is 0.102. The van der Waals surface area contributed by atoms with E-state index < -0.39 is 0 Å².